The van der Waals surface area contributed by atoms with Gasteiger partial charge in [-0.1, -0.05) is 67.8 Å². The normalized spacial score (nSPS) is 15.9. The third kappa shape index (κ3) is 8.06. The van der Waals surface area contributed by atoms with Gasteiger partial charge in [0.25, 0.3) is 0 Å². The zero-order valence-corrected chi connectivity index (χ0v) is 23.5. The molecule has 3 rings (SSSR count). The van der Waals surface area contributed by atoms with Crippen molar-refractivity contribution < 1.29 is 32.9 Å². The first-order valence-corrected chi connectivity index (χ1v) is 13.6. The number of rotatable bonds is 15. The van der Waals surface area contributed by atoms with Gasteiger partial charge in [0, 0.05) is 18.0 Å². The predicted molar refractivity (Wildman–Crippen MR) is 150 cm³/mol. The van der Waals surface area contributed by atoms with Gasteiger partial charge in [-0.3, -0.25) is 0 Å². The van der Waals surface area contributed by atoms with Crippen LogP contribution in [0.25, 0.3) is 0 Å². The molecule has 2 atom stereocenters. The summed E-state index contributed by atoms with van der Waals surface area (Å²) in [5, 5.41) is 3.16. The van der Waals surface area contributed by atoms with Crippen LogP contribution in [-0.2, 0) is 23.8 Å². The summed E-state index contributed by atoms with van der Waals surface area (Å²) in [5.41, 5.74) is 6.13. The number of hydrogen-bond acceptors (Lipinski definition) is 8. The maximum atomic E-state index is 14.3. The average molecular weight is 575 g/mol. The number of benzene rings is 2. The standard InChI is InChI=1S/C30H36ClFN2O6/c1-3-4-6-15-25(39-20-11-7-5-8-12-20)40-30(36)28-24(19-38-17-16-33)34-23(18-32)27(29(35)37-2)26(28)21-13-9-10-14-22(21)31/h5,7-14,25-26,34H,3-4,6,15-19,33H2,1-2H3. The fourth-order valence-corrected chi connectivity index (χ4v) is 4.68. The average Bonchev–Trinajstić information content (AvgIpc) is 2.97. The van der Waals surface area contributed by atoms with E-state index in [0.717, 1.165) is 19.3 Å². The number of hydrogen-bond donors (Lipinski definition) is 2. The van der Waals surface area contributed by atoms with Crippen LogP contribution in [0.5, 0.6) is 5.75 Å². The first-order valence-electron chi connectivity index (χ1n) is 13.3. The molecule has 0 aliphatic carbocycles. The molecule has 2 aromatic carbocycles. The summed E-state index contributed by atoms with van der Waals surface area (Å²) >= 11 is 6.57. The second-order valence-corrected chi connectivity index (χ2v) is 9.50. The second kappa shape index (κ2) is 16.0. The maximum absolute atomic E-state index is 14.3. The second-order valence-electron chi connectivity index (χ2n) is 9.09. The van der Waals surface area contributed by atoms with Gasteiger partial charge in [-0.25, -0.2) is 14.0 Å². The van der Waals surface area contributed by atoms with Gasteiger partial charge >= 0.3 is 11.9 Å². The molecule has 1 heterocycles. The summed E-state index contributed by atoms with van der Waals surface area (Å²) in [6.07, 6.45) is 2.18. The highest BCUT2D eigenvalue weighted by atomic mass is 35.5. The number of ether oxygens (including phenoxy) is 4. The lowest BCUT2D eigenvalue weighted by molar-refractivity contribution is -0.160. The summed E-state index contributed by atoms with van der Waals surface area (Å²) in [4.78, 5) is 27.1. The van der Waals surface area contributed by atoms with Gasteiger partial charge in [-0.15, -0.1) is 0 Å². The van der Waals surface area contributed by atoms with E-state index >= 15 is 0 Å². The minimum absolute atomic E-state index is 0.0416. The van der Waals surface area contributed by atoms with Gasteiger partial charge in [0.05, 0.1) is 48.8 Å². The molecule has 40 heavy (non-hydrogen) atoms. The van der Waals surface area contributed by atoms with Gasteiger partial charge in [0.15, 0.2) is 0 Å². The summed E-state index contributed by atoms with van der Waals surface area (Å²) in [6, 6.07) is 15.8. The van der Waals surface area contributed by atoms with Crippen molar-refractivity contribution in [3.63, 3.8) is 0 Å². The molecule has 0 bridgehead atoms. The number of allylic oxidation sites excluding steroid dienone is 1. The Bertz CT molecular complexity index is 1200. The summed E-state index contributed by atoms with van der Waals surface area (Å²) in [7, 11) is 1.19. The molecule has 8 nitrogen and oxygen atoms in total. The Morgan fingerprint density at radius 1 is 1.02 bits per heavy atom. The van der Waals surface area contributed by atoms with Crippen molar-refractivity contribution in [2.24, 2.45) is 5.73 Å². The Morgan fingerprint density at radius 3 is 2.38 bits per heavy atom. The molecule has 3 N–H and O–H groups in total. The number of alkyl halides is 1. The number of dihydropyridines is 1. The van der Waals surface area contributed by atoms with Gasteiger partial charge in [-0.05, 0) is 30.2 Å². The van der Waals surface area contributed by atoms with Crippen LogP contribution in [0, 0.1) is 0 Å². The highest BCUT2D eigenvalue weighted by molar-refractivity contribution is 6.31. The van der Waals surface area contributed by atoms with Crippen LogP contribution in [-0.4, -0.2) is 51.8 Å². The number of para-hydroxylation sites is 1. The van der Waals surface area contributed by atoms with Gasteiger partial charge in [0.1, 0.15) is 12.4 Å². The molecule has 0 saturated heterocycles. The molecule has 0 fully saturated rings. The van der Waals surface area contributed by atoms with Crippen molar-refractivity contribution in [3.8, 4) is 5.75 Å². The van der Waals surface area contributed by atoms with Crippen molar-refractivity contribution >= 4 is 23.5 Å². The van der Waals surface area contributed by atoms with Crippen molar-refractivity contribution in [2.45, 2.75) is 44.8 Å². The molecule has 0 aromatic heterocycles. The highest BCUT2D eigenvalue weighted by Gasteiger charge is 2.41. The van der Waals surface area contributed by atoms with E-state index in [1.54, 1.807) is 36.4 Å². The van der Waals surface area contributed by atoms with E-state index in [1.807, 2.05) is 18.2 Å². The lowest BCUT2D eigenvalue weighted by atomic mass is 9.80. The predicted octanol–water partition coefficient (Wildman–Crippen LogP) is 5.18. The van der Waals surface area contributed by atoms with Gasteiger partial charge in [-0.2, -0.15) is 0 Å². The first kappa shape index (κ1) is 31.1. The number of halogens is 2. The number of carbonyl (C=O) groups excluding carboxylic acids is 2. The van der Waals surface area contributed by atoms with Crippen molar-refractivity contribution in [2.75, 3.05) is 33.5 Å². The monoisotopic (exact) mass is 574 g/mol. The van der Waals surface area contributed by atoms with Crippen molar-refractivity contribution in [1.29, 1.82) is 0 Å². The van der Waals surface area contributed by atoms with Gasteiger partial charge in [0.2, 0.25) is 6.29 Å². The van der Waals surface area contributed by atoms with E-state index < -0.39 is 30.8 Å². The molecule has 216 valence electrons. The van der Waals surface area contributed by atoms with Crippen LogP contribution in [0.15, 0.2) is 77.1 Å². The number of nitrogens with two attached hydrogens (primary N) is 1. The Labute approximate surface area is 239 Å². The van der Waals surface area contributed by atoms with Crippen LogP contribution >= 0.6 is 11.6 Å². The van der Waals surface area contributed by atoms with E-state index in [4.69, 9.17) is 36.3 Å². The molecule has 0 amide bonds. The molecule has 2 unspecified atom stereocenters. The third-order valence-corrected chi connectivity index (χ3v) is 6.65. The number of nitrogens with one attached hydrogen (secondary N) is 1. The Kier molecular flexibility index (Phi) is 12.5. The van der Waals surface area contributed by atoms with Crippen LogP contribution in [0.3, 0.4) is 0 Å². The summed E-state index contributed by atoms with van der Waals surface area (Å²) in [5.74, 6) is -2.13. The van der Waals surface area contributed by atoms with E-state index in [-0.39, 0.29) is 47.3 Å². The van der Waals surface area contributed by atoms with E-state index in [1.165, 1.54) is 7.11 Å². The Hall–Kier alpha value is -3.40. The SMILES string of the molecule is CCCCCC(OC(=O)C1=C(COCCN)NC(CF)=C(C(=O)OC)C1c1ccccc1Cl)Oc1ccccc1. The van der Waals surface area contributed by atoms with Crippen LogP contribution in [0.2, 0.25) is 5.02 Å². The molecule has 0 radical (unpaired) electrons. The van der Waals surface area contributed by atoms with Crippen LogP contribution in [0.4, 0.5) is 4.39 Å². The first-order chi connectivity index (χ1) is 19.4. The highest BCUT2D eigenvalue weighted by Crippen LogP contribution is 2.42. The number of carbonyl (C=O) groups is 2. The van der Waals surface area contributed by atoms with Gasteiger partial charge < -0.3 is 30.0 Å². The molecule has 10 heteroatoms. The largest absolute Gasteiger partial charge is 0.466 e. The van der Waals surface area contributed by atoms with Crippen LogP contribution in [0.1, 0.15) is 44.1 Å². The number of esters is 2. The van der Waals surface area contributed by atoms with Crippen molar-refractivity contribution in [3.05, 3.63) is 87.7 Å². The molecule has 2 aromatic rings. The number of unbranched alkanes of at least 4 members (excludes halogenated alkanes) is 2. The lowest BCUT2D eigenvalue weighted by Crippen LogP contribution is -2.37. The fourth-order valence-electron chi connectivity index (χ4n) is 4.44. The molecular weight excluding hydrogens is 539 g/mol. The molecular formula is C30H36ClFN2O6. The zero-order valence-electron chi connectivity index (χ0n) is 22.8. The zero-order chi connectivity index (χ0) is 28.9. The molecule has 1 aliphatic rings. The maximum Gasteiger partial charge on any atom is 0.339 e. The summed E-state index contributed by atoms with van der Waals surface area (Å²) in [6.45, 7) is 1.37. The smallest absolute Gasteiger partial charge is 0.339 e. The Balaban J connectivity index is 2.10. The topological polar surface area (TPSA) is 109 Å². The van der Waals surface area contributed by atoms with Crippen molar-refractivity contribution in [1.82, 2.24) is 5.32 Å². The molecule has 0 saturated carbocycles. The van der Waals surface area contributed by atoms with E-state index in [2.05, 4.69) is 12.2 Å². The molecule has 1 aliphatic heterocycles. The lowest BCUT2D eigenvalue weighted by Gasteiger charge is -2.32. The quantitative estimate of drug-likeness (QED) is 0.170. The fraction of sp³-hybridized carbons (Fsp3) is 0.400. The minimum Gasteiger partial charge on any atom is -0.466 e. The minimum atomic E-state index is -1.09. The summed E-state index contributed by atoms with van der Waals surface area (Å²) < 4.78 is 37.0. The van der Waals surface area contributed by atoms with E-state index in [0.29, 0.717) is 17.7 Å². The number of methoxy groups -OCH3 is 1. The van der Waals surface area contributed by atoms with Crippen LogP contribution < -0.4 is 15.8 Å². The third-order valence-electron chi connectivity index (χ3n) is 6.31. The van der Waals surface area contributed by atoms with E-state index in [9.17, 15) is 14.0 Å². The molecule has 0 spiro atoms. The Morgan fingerprint density at radius 2 is 1.73 bits per heavy atom.